The number of hydrogen-bond donors (Lipinski definition) is 0. The number of oxazole rings is 1. The van der Waals surface area contributed by atoms with Gasteiger partial charge >= 0.3 is 0 Å². The molecule has 1 heterocycles. The molecule has 25 heavy (non-hydrogen) atoms. The van der Waals surface area contributed by atoms with Crippen molar-refractivity contribution in [2.45, 2.75) is 6.42 Å². The van der Waals surface area contributed by atoms with E-state index in [1.165, 1.54) is 18.2 Å². The number of aliphatic carboxylic acids is 1. The van der Waals surface area contributed by atoms with Gasteiger partial charge in [0.05, 0.1) is 17.8 Å². The van der Waals surface area contributed by atoms with Crippen LogP contribution in [0.1, 0.15) is 5.69 Å². The van der Waals surface area contributed by atoms with Crippen LogP contribution < -0.4 is 9.84 Å². The zero-order valence-corrected chi connectivity index (χ0v) is 13.8. The summed E-state index contributed by atoms with van der Waals surface area (Å²) in [7, 11) is 1.55. The number of aromatic nitrogens is 1. The zero-order valence-electron chi connectivity index (χ0n) is 13.1. The van der Waals surface area contributed by atoms with Gasteiger partial charge in [0.2, 0.25) is 5.89 Å². The zero-order chi connectivity index (χ0) is 18.0. The minimum absolute atomic E-state index is 0.0416. The number of nitrogens with zero attached hydrogens (tertiary/aromatic N) is 1. The first-order valence-corrected chi connectivity index (χ1v) is 7.65. The molecular weight excluding hydrogens is 349 g/mol. The van der Waals surface area contributed by atoms with E-state index in [0.29, 0.717) is 16.9 Å². The highest BCUT2D eigenvalue weighted by atomic mass is 35.5. The summed E-state index contributed by atoms with van der Waals surface area (Å²) >= 11 is 5.68. The lowest BCUT2D eigenvalue weighted by Gasteiger charge is -2.03. The monoisotopic (exact) mass is 360 g/mol. The van der Waals surface area contributed by atoms with Gasteiger partial charge in [-0.3, -0.25) is 0 Å². The van der Waals surface area contributed by atoms with E-state index in [2.05, 4.69) is 4.98 Å². The predicted molar refractivity (Wildman–Crippen MR) is 87.6 cm³/mol. The third-order valence-corrected chi connectivity index (χ3v) is 3.83. The molecule has 0 saturated heterocycles. The van der Waals surface area contributed by atoms with Gasteiger partial charge in [-0.25, -0.2) is 9.37 Å². The largest absolute Gasteiger partial charge is 0.550 e. The highest BCUT2D eigenvalue weighted by molar-refractivity contribution is 6.30. The standard InChI is InChI=1S/C18H13ClFNO4/c1-24-12-5-2-10(3-6-12)18-21-15(9-16(22)23)17(25-18)11-4-7-13(19)14(20)8-11/h2-8H,9H2,1H3,(H,22,23)/p-1. The fourth-order valence-electron chi connectivity index (χ4n) is 2.33. The van der Waals surface area contributed by atoms with Crippen molar-refractivity contribution in [3.05, 3.63) is 59.0 Å². The fraction of sp³-hybridized carbons (Fsp3) is 0.111. The molecule has 3 rings (SSSR count). The first kappa shape index (κ1) is 17.0. The molecule has 0 amide bonds. The van der Waals surface area contributed by atoms with Crippen LogP contribution in [0.5, 0.6) is 5.75 Å². The molecule has 0 radical (unpaired) electrons. The third kappa shape index (κ3) is 3.64. The Hall–Kier alpha value is -2.86. The summed E-state index contributed by atoms with van der Waals surface area (Å²) in [5, 5.41) is 11.0. The van der Waals surface area contributed by atoms with Gasteiger partial charge in [0, 0.05) is 23.5 Å². The summed E-state index contributed by atoms with van der Waals surface area (Å²) in [5.41, 5.74) is 1.11. The normalized spacial score (nSPS) is 10.7. The summed E-state index contributed by atoms with van der Waals surface area (Å²) in [4.78, 5) is 15.2. The van der Waals surface area contributed by atoms with Crippen molar-refractivity contribution in [3.8, 4) is 28.5 Å². The minimum Gasteiger partial charge on any atom is -0.550 e. The van der Waals surface area contributed by atoms with E-state index < -0.39 is 18.2 Å². The molecule has 0 bridgehead atoms. The number of carbonyl (C=O) groups excluding carboxylic acids is 1. The van der Waals surface area contributed by atoms with Gasteiger partial charge in [0.1, 0.15) is 11.6 Å². The van der Waals surface area contributed by atoms with Crippen LogP contribution in [0.4, 0.5) is 4.39 Å². The Balaban J connectivity index is 2.07. The molecule has 128 valence electrons. The number of carboxylic acid groups (broad SMARTS) is 1. The van der Waals surface area contributed by atoms with Crippen LogP contribution in [0.2, 0.25) is 5.02 Å². The van der Waals surface area contributed by atoms with Crippen LogP contribution in [0.25, 0.3) is 22.8 Å². The number of carbonyl (C=O) groups is 1. The Labute approximate surface area is 147 Å². The molecule has 0 unspecified atom stereocenters. The van der Waals surface area contributed by atoms with Crippen LogP contribution in [0.3, 0.4) is 0 Å². The number of carboxylic acids is 1. The Morgan fingerprint density at radius 1 is 1.24 bits per heavy atom. The summed E-state index contributed by atoms with van der Waals surface area (Å²) in [6, 6.07) is 10.9. The smallest absolute Gasteiger partial charge is 0.227 e. The molecule has 5 nitrogen and oxygen atoms in total. The second-order valence-corrected chi connectivity index (χ2v) is 5.61. The molecule has 0 spiro atoms. The van der Waals surface area contributed by atoms with Crippen LogP contribution in [0, 0.1) is 5.82 Å². The highest BCUT2D eigenvalue weighted by Gasteiger charge is 2.18. The van der Waals surface area contributed by atoms with Crippen molar-refractivity contribution in [2.75, 3.05) is 7.11 Å². The van der Waals surface area contributed by atoms with Gasteiger partial charge in [-0.1, -0.05) is 11.6 Å². The lowest BCUT2D eigenvalue weighted by Crippen LogP contribution is -2.24. The fourth-order valence-corrected chi connectivity index (χ4v) is 2.45. The quantitative estimate of drug-likeness (QED) is 0.698. The van der Waals surface area contributed by atoms with E-state index in [4.69, 9.17) is 20.8 Å². The molecule has 0 aliphatic heterocycles. The molecule has 0 saturated carbocycles. The van der Waals surface area contributed by atoms with E-state index in [0.717, 1.165) is 0 Å². The minimum atomic E-state index is -1.31. The first-order valence-electron chi connectivity index (χ1n) is 7.27. The molecule has 2 aromatic carbocycles. The van der Waals surface area contributed by atoms with Crippen LogP contribution in [-0.4, -0.2) is 18.1 Å². The van der Waals surface area contributed by atoms with Crippen molar-refractivity contribution in [1.29, 1.82) is 0 Å². The van der Waals surface area contributed by atoms with E-state index in [1.807, 2.05) is 0 Å². The summed E-state index contributed by atoms with van der Waals surface area (Å²) in [5.74, 6) is -0.925. The Morgan fingerprint density at radius 3 is 2.52 bits per heavy atom. The number of benzene rings is 2. The van der Waals surface area contributed by atoms with Crippen molar-refractivity contribution >= 4 is 17.6 Å². The van der Waals surface area contributed by atoms with E-state index in [-0.39, 0.29) is 22.4 Å². The van der Waals surface area contributed by atoms with Gasteiger partial charge in [-0.15, -0.1) is 0 Å². The van der Waals surface area contributed by atoms with E-state index in [9.17, 15) is 14.3 Å². The molecular formula is C18H12ClFNO4-. The third-order valence-electron chi connectivity index (χ3n) is 3.53. The lowest BCUT2D eigenvalue weighted by atomic mass is 10.1. The van der Waals surface area contributed by atoms with E-state index in [1.54, 1.807) is 31.4 Å². The van der Waals surface area contributed by atoms with Gasteiger partial charge in [-0.2, -0.15) is 0 Å². The highest BCUT2D eigenvalue weighted by Crippen LogP contribution is 2.32. The maximum Gasteiger partial charge on any atom is 0.227 e. The summed E-state index contributed by atoms with van der Waals surface area (Å²) < 4.78 is 24.5. The number of hydrogen-bond acceptors (Lipinski definition) is 5. The SMILES string of the molecule is COc1ccc(-c2nc(CC(=O)[O-])c(-c3ccc(Cl)c(F)c3)o2)cc1. The molecule has 0 fully saturated rings. The molecule has 0 atom stereocenters. The van der Waals surface area contributed by atoms with Gasteiger partial charge in [0.15, 0.2) is 5.76 Å². The molecule has 7 heteroatoms. The molecule has 1 aromatic heterocycles. The van der Waals surface area contributed by atoms with Gasteiger partial charge in [0.25, 0.3) is 0 Å². The number of halogens is 2. The second-order valence-electron chi connectivity index (χ2n) is 5.20. The Kier molecular flexibility index (Phi) is 4.72. The maximum atomic E-state index is 13.7. The summed E-state index contributed by atoms with van der Waals surface area (Å²) in [6.45, 7) is 0. The Bertz CT molecular complexity index is 921. The maximum absolute atomic E-state index is 13.7. The molecule has 0 aliphatic carbocycles. The lowest BCUT2D eigenvalue weighted by molar-refractivity contribution is -0.304. The average molecular weight is 361 g/mol. The van der Waals surface area contributed by atoms with E-state index >= 15 is 0 Å². The summed E-state index contributed by atoms with van der Waals surface area (Å²) in [6.07, 6.45) is -0.459. The molecule has 0 N–H and O–H groups in total. The Morgan fingerprint density at radius 2 is 1.92 bits per heavy atom. The van der Waals surface area contributed by atoms with Gasteiger partial charge < -0.3 is 19.1 Å². The van der Waals surface area contributed by atoms with Crippen molar-refractivity contribution in [1.82, 2.24) is 4.98 Å². The topological polar surface area (TPSA) is 75.4 Å². The predicted octanol–water partition coefficient (Wildman–Crippen LogP) is 3.10. The van der Waals surface area contributed by atoms with Crippen LogP contribution in [-0.2, 0) is 11.2 Å². The second kappa shape index (κ2) is 6.94. The van der Waals surface area contributed by atoms with Crippen LogP contribution >= 0.6 is 11.6 Å². The number of ether oxygens (including phenoxy) is 1. The van der Waals surface area contributed by atoms with Crippen molar-refractivity contribution < 1.29 is 23.4 Å². The van der Waals surface area contributed by atoms with Crippen LogP contribution in [0.15, 0.2) is 46.9 Å². The number of methoxy groups -OCH3 is 1. The first-order chi connectivity index (χ1) is 12.0. The number of rotatable bonds is 5. The molecule has 0 aliphatic rings. The van der Waals surface area contributed by atoms with Crippen molar-refractivity contribution in [3.63, 3.8) is 0 Å². The average Bonchev–Trinajstić information content (AvgIpc) is 3.00. The molecule has 3 aromatic rings. The van der Waals surface area contributed by atoms with Crippen molar-refractivity contribution in [2.24, 2.45) is 0 Å². The van der Waals surface area contributed by atoms with Gasteiger partial charge in [-0.05, 0) is 42.5 Å².